The first-order chi connectivity index (χ1) is 13.0. The lowest BCUT2D eigenvalue weighted by Crippen LogP contribution is -2.24. The van der Waals surface area contributed by atoms with Crippen LogP contribution in [0.4, 0.5) is 0 Å². The molecule has 1 fully saturated rings. The van der Waals surface area contributed by atoms with Crippen molar-refractivity contribution in [3.05, 3.63) is 46.2 Å². The number of fused-ring (bicyclic) bond motifs is 1. The number of pyridine rings is 1. The van der Waals surface area contributed by atoms with Crippen molar-refractivity contribution in [3.8, 4) is 11.5 Å². The van der Waals surface area contributed by atoms with Gasteiger partial charge in [0.1, 0.15) is 5.52 Å². The van der Waals surface area contributed by atoms with Gasteiger partial charge in [0.15, 0.2) is 5.58 Å². The number of esters is 1. The molecule has 0 radical (unpaired) electrons. The number of aromatic nitrogens is 2. The van der Waals surface area contributed by atoms with Crippen LogP contribution >= 0.6 is 15.9 Å². The highest BCUT2D eigenvalue weighted by Gasteiger charge is 2.29. The van der Waals surface area contributed by atoms with E-state index in [1.165, 1.54) is 7.11 Å². The Kier molecular flexibility index (Phi) is 4.97. The van der Waals surface area contributed by atoms with Gasteiger partial charge in [0.25, 0.3) is 0 Å². The highest BCUT2D eigenvalue weighted by Crippen LogP contribution is 2.30. The van der Waals surface area contributed by atoms with Gasteiger partial charge in [-0.1, -0.05) is 22.0 Å². The summed E-state index contributed by atoms with van der Waals surface area (Å²) in [5, 5.41) is 0. The molecule has 0 N–H and O–H groups in total. The zero-order chi connectivity index (χ0) is 19.0. The lowest BCUT2D eigenvalue weighted by atomic mass is 10.1. The molecule has 1 saturated heterocycles. The van der Waals surface area contributed by atoms with Gasteiger partial charge in [-0.2, -0.15) is 0 Å². The number of likely N-dealkylation sites (tertiary alicyclic amines) is 1. The van der Waals surface area contributed by atoms with Gasteiger partial charge in [-0.3, -0.25) is 14.7 Å². The Balaban J connectivity index is 1.55. The molecule has 1 aliphatic heterocycles. The van der Waals surface area contributed by atoms with Crippen molar-refractivity contribution in [1.29, 1.82) is 0 Å². The number of halogens is 1. The number of nitrogens with zero attached hydrogens (tertiary/aromatic N) is 3. The van der Waals surface area contributed by atoms with E-state index < -0.39 is 0 Å². The summed E-state index contributed by atoms with van der Waals surface area (Å²) >= 11 is 3.55. The minimum Gasteiger partial charge on any atom is -0.469 e. The number of hydrogen-bond acceptors (Lipinski definition) is 6. The van der Waals surface area contributed by atoms with Crippen LogP contribution in [0.3, 0.4) is 0 Å². The third-order valence-corrected chi connectivity index (χ3v) is 5.88. The van der Waals surface area contributed by atoms with E-state index in [0.29, 0.717) is 24.6 Å². The molecule has 27 heavy (non-hydrogen) atoms. The van der Waals surface area contributed by atoms with Crippen molar-refractivity contribution in [2.24, 2.45) is 5.92 Å². The lowest BCUT2D eigenvalue weighted by Gasteiger charge is -2.14. The molecule has 0 amide bonds. The first kappa shape index (κ1) is 18.1. The molecule has 7 heteroatoms. The minimum absolute atomic E-state index is 0.0445. The van der Waals surface area contributed by atoms with Gasteiger partial charge < -0.3 is 9.15 Å². The topological polar surface area (TPSA) is 68.5 Å². The van der Waals surface area contributed by atoms with Crippen LogP contribution in [0, 0.1) is 12.8 Å². The van der Waals surface area contributed by atoms with E-state index in [1.807, 2.05) is 31.2 Å². The second-order valence-corrected chi connectivity index (χ2v) is 7.67. The SMILES string of the molecule is COC(=O)C1CCN(Cc2cc3nc(-c4cccc(Br)c4C)oc3cn2)C1. The Labute approximate surface area is 165 Å². The number of carbonyl (C=O) groups excluding carboxylic acids is 1. The summed E-state index contributed by atoms with van der Waals surface area (Å²) in [6.45, 7) is 4.28. The first-order valence-corrected chi connectivity index (χ1v) is 9.65. The fourth-order valence-corrected chi connectivity index (χ4v) is 3.85. The van der Waals surface area contributed by atoms with E-state index in [1.54, 1.807) is 6.20 Å². The maximum atomic E-state index is 11.7. The average Bonchev–Trinajstić information content (AvgIpc) is 3.30. The van der Waals surface area contributed by atoms with E-state index in [2.05, 4.69) is 30.8 Å². The molecule has 3 heterocycles. The smallest absolute Gasteiger partial charge is 0.310 e. The van der Waals surface area contributed by atoms with Crippen LogP contribution in [0.25, 0.3) is 22.6 Å². The fraction of sp³-hybridized carbons (Fsp3) is 0.350. The van der Waals surface area contributed by atoms with Crippen molar-refractivity contribution in [2.45, 2.75) is 19.9 Å². The lowest BCUT2D eigenvalue weighted by molar-refractivity contribution is -0.144. The average molecular weight is 430 g/mol. The van der Waals surface area contributed by atoms with Crippen LogP contribution in [0.1, 0.15) is 17.7 Å². The predicted octanol–water partition coefficient (Wildman–Crippen LogP) is 3.96. The number of hydrogen-bond donors (Lipinski definition) is 0. The zero-order valence-electron chi connectivity index (χ0n) is 15.2. The van der Waals surface area contributed by atoms with Crippen LogP contribution in [0.15, 0.2) is 39.4 Å². The molecule has 1 aromatic carbocycles. The molecular weight excluding hydrogens is 410 g/mol. The number of carbonyl (C=O) groups is 1. The Bertz CT molecular complexity index is 1000. The van der Waals surface area contributed by atoms with Crippen molar-refractivity contribution in [3.63, 3.8) is 0 Å². The number of benzene rings is 1. The third kappa shape index (κ3) is 3.61. The summed E-state index contributed by atoms with van der Waals surface area (Å²) in [4.78, 5) is 23.1. The monoisotopic (exact) mass is 429 g/mol. The van der Waals surface area contributed by atoms with Crippen molar-refractivity contribution >= 4 is 33.0 Å². The van der Waals surface area contributed by atoms with Crippen LogP contribution in [-0.4, -0.2) is 41.0 Å². The van der Waals surface area contributed by atoms with Crippen LogP contribution in [-0.2, 0) is 16.1 Å². The number of oxazole rings is 1. The van der Waals surface area contributed by atoms with Gasteiger partial charge in [-0.15, -0.1) is 0 Å². The van der Waals surface area contributed by atoms with Gasteiger partial charge in [0, 0.05) is 23.1 Å². The van der Waals surface area contributed by atoms with Gasteiger partial charge in [-0.25, -0.2) is 4.98 Å². The summed E-state index contributed by atoms with van der Waals surface area (Å²) in [7, 11) is 1.44. The van der Waals surface area contributed by atoms with Crippen molar-refractivity contribution in [1.82, 2.24) is 14.9 Å². The summed E-state index contributed by atoms with van der Waals surface area (Å²) in [6, 6.07) is 7.92. The Hall–Kier alpha value is -2.25. The summed E-state index contributed by atoms with van der Waals surface area (Å²) in [5.41, 5.74) is 4.42. The van der Waals surface area contributed by atoms with Gasteiger partial charge in [0.05, 0.1) is 24.9 Å². The number of ether oxygens (including phenoxy) is 1. The van der Waals surface area contributed by atoms with E-state index in [4.69, 9.17) is 9.15 Å². The molecule has 4 rings (SSSR count). The highest BCUT2D eigenvalue weighted by molar-refractivity contribution is 9.10. The maximum Gasteiger partial charge on any atom is 0.310 e. The summed E-state index contributed by atoms with van der Waals surface area (Å²) < 4.78 is 11.8. The quantitative estimate of drug-likeness (QED) is 0.584. The molecular formula is C20H20BrN3O3. The predicted molar refractivity (Wildman–Crippen MR) is 105 cm³/mol. The number of rotatable bonds is 4. The molecule has 3 aromatic rings. The normalized spacial score (nSPS) is 17.5. The Morgan fingerprint density at radius 3 is 3.11 bits per heavy atom. The maximum absolute atomic E-state index is 11.7. The molecule has 140 valence electrons. The van der Waals surface area contributed by atoms with Gasteiger partial charge >= 0.3 is 5.97 Å². The van der Waals surface area contributed by atoms with Crippen molar-refractivity contribution < 1.29 is 13.9 Å². The molecule has 0 saturated carbocycles. The molecule has 0 spiro atoms. The van der Waals surface area contributed by atoms with Crippen LogP contribution in [0.2, 0.25) is 0 Å². The number of methoxy groups -OCH3 is 1. The van der Waals surface area contributed by atoms with E-state index in [0.717, 1.165) is 39.8 Å². The molecule has 2 aromatic heterocycles. The third-order valence-electron chi connectivity index (χ3n) is 5.02. The Morgan fingerprint density at radius 1 is 1.44 bits per heavy atom. The second-order valence-electron chi connectivity index (χ2n) is 6.82. The highest BCUT2D eigenvalue weighted by atomic mass is 79.9. The minimum atomic E-state index is -0.133. The molecule has 1 atom stereocenters. The Morgan fingerprint density at radius 2 is 2.30 bits per heavy atom. The van der Waals surface area contributed by atoms with E-state index in [-0.39, 0.29) is 11.9 Å². The van der Waals surface area contributed by atoms with E-state index >= 15 is 0 Å². The second kappa shape index (κ2) is 7.40. The summed E-state index contributed by atoms with van der Waals surface area (Å²) in [5.74, 6) is 0.415. The fourth-order valence-electron chi connectivity index (χ4n) is 3.48. The van der Waals surface area contributed by atoms with Gasteiger partial charge in [0.2, 0.25) is 5.89 Å². The standard InChI is InChI=1S/C20H20BrN3O3/c1-12-15(4-3-5-16(12)21)19-23-17-8-14(22-9-18(17)27-19)11-24-7-6-13(10-24)20(25)26-2/h3-5,8-9,13H,6-7,10-11H2,1-2H3. The largest absolute Gasteiger partial charge is 0.469 e. The molecule has 0 aliphatic carbocycles. The molecule has 1 aliphatic rings. The first-order valence-electron chi connectivity index (χ1n) is 8.86. The zero-order valence-corrected chi connectivity index (χ0v) is 16.8. The molecule has 0 bridgehead atoms. The van der Waals surface area contributed by atoms with Crippen molar-refractivity contribution in [2.75, 3.05) is 20.2 Å². The van der Waals surface area contributed by atoms with E-state index in [9.17, 15) is 4.79 Å². The van der Waals surface area contributed by atoms with Crippen LogP contribution < -0.4 is 0 Å². The van der Waals surface area contributed by atoms with Crippen LogP contribution in [0.5, 0.6) is 0 Å². The summed E-state index contributed by atoms with van der Waals surface area (Å²) in [6.07, 6.45) is 2.55. The molecule has 1 unspecified atom stereocenters. The van der Waals surface area contributed by atoms with Gasteiger partial charge in [-0.05, 0) is 43.7 Å². The molecule has 6 nitrogen and oxygen atoms in total.